The SMILES string of the molecule is O=C(C1CCCc2sccc21)N1CCC2(CC1)OCCO2. The lowest BCUT2D eigenvalue weighted by Gasteiger charge is -2.39. The first-order valence-electron chi connectivity index (χ1n) is 7.90. The van der Waals surface area contributed by atoms with Gasteiger partial charge in [0, 0.05) is 30.8 Å². The zero-order valence-corrected chi connectivity index (χ0v) is 13.0. The molecule has 114 valence electrons. The monoisotopic (exact) mass is 307 g/mol. The Morgan fingerprint density at radius 1 is 1.29 bits per heavy atom. The minimum Gasteiger partial charge on any atom is -0.347 e. The van der Waals surface area contributed by atoms with Crippen LogP contribution in [0.3, 0.4) is 0 Å². The number of thiophene rings is 1. The van der Waals surface area contributed by atoms with Gasteiger partial charge in [0.25, 0.3) is 0 Å². The van der Waals surface area contributed by atoms with Crippen LogP contribution in [-0.4, -0.2) is 42.9 Å². The highest BCUT2D eigenvalue weighted by molar-refractivity contribution is 7.10. The van der Waals surface area contributed by atoms with Crippen molar-refractivity contribution in [3.8, 4) is 0 Å². The molecule has 0 bridgehead atoms. The number of carbonyl (C=O) groups is 1. The molecule has 0 aromatic carbocycles. The van der Waals surface area contributed by atoms with Gasteiger partial charge in [-0.2, -0.15) is 0 Å². The average molecular weight is 307 g/mol. The van der Waals surface area contributed by atoms with E-state index in [1.54, 1.807) is 11.3 Å². The summed E-state index contributed by atoms with van der Waals surface area (Å²) < 4.78 is 11.5. The van der Waals surface area contributed by atoms with Crippen LogP contribution in [0.1, 0.15) is 42.0 Å². The first-order chi connectivity index (χ1) is 10.3. The fourth-order valence-corrected chi connectivity index (χ4v) is 4.80. The van der Waals surface area contributed by atoms with E-state index in [2.05, 4.69) is 11.4 Å². The molecule has 0 radical (unpaired) electrons. The summed E-state index contributed by atoms with van der Waals surface area (Å²) in [5.74, 6) is -0.00155. The minimum absolute atomic E-state index is 0.0828. The highest BCUT2D eigenvalue weighted by Gasteiger charge is 2.42. The summed E-state index contributed by atoms with van der Waals surface area (Å²) in [6.45, 7) is 2.90. The average Bonchev–Trinajstić information content (AvgIpc) is 3.16. The van der Waals surface area contributed by atoms with Crippen molar-refractivity contribution < 1.29 is 14.3 Å². The molecule has 4 nitrogen and oxygen atoms in total. The summed E-state index contributed by atoms with van der Waals surface area (Å²) in [6.07, 6.45) is 4.89. The molecule has 3 heterocycles. The summed E-state index contributed by atoms with van der Waals surface area (Å²) in [5, 5.41) is 2.13. The first kappa shape index (κ1) is 13.7. The van der Waals surface area contributed by atoms with Crippen LogP contribution >= 0.6 is 11.3 Å². The number of piperidine rings is 1. The molecule has 2 fully saturated rings. The summed E-state index contributed by atoms with van der Waals surface area (Å²) in [7, 11) is 0. The second-order valence-electron chi connectivity index (χ2n) is 6.18. The van der Waals surface area contributed by atoms with Crippen LogP contribution in [0, 0.1) is 0 Å². The smallest absolute Gasteiger partial charge is 0.230 e. The van der Waals surface area contributed by atoms with E-state index in [0.29, 0.717) is 19.1 Å². The number of rotatable bonds is 1. The first-order valence-corrected chi connectivity index (χ1v) is 8.78. The molecule has 4 rings (SSSR count). The van der Waals surface area contributed by atoms with Gasteiger partial charge in [0.2, 0.25) is 5.91 Å². The van der Waals surface area contributed by atoms with E-state index in [9.17, 15) is 4.79 Å². The van der Waals surface area contributed by atoms with E-state index >= 15 is 0 Å². The van der Waals surface area contributed by atoms with Crippen LogP contribution in [0.4, 0.5) is 0 Å². The van der Waals surface area contributed by atoms with Crippen molar-refractivity contribution in [1.82, 2.24) is 4.90 Å². The lowest BCUT2D eigenvalue weighted by atomic mass is 9.86. The van der Waals surface area contributed by atoms with Crippen molar-refractivity contribution in [3.63, 3.8) is 0 Å². The van der Waals surface area contributed by atoms with Gasteiger partial charge in [-0.3, -0.25) is 4.79 Å². The number of carbonyl (C=O) groups excluding carboxylic acids is 1. The third kappa shape index (κ3) is 2.41. The molecule has 1 unspecified atom stereocenters. The number of hydrogen-bond donors (Lipinski definition) is 0. The van der Waals surface area contributed by atoms with Gasteiger partial charge in [-0.15, -0.1) is 11.3 Å². The van der Waals surface area contributed by atoms with Crippen molar-refractivity contribution >= 4 is 17.2 Å². The van der Waals surface area contributed by atoms with E-state index in [0.717, 1.165) is 45.2 Å². The molecular formula is C16H21NO3S. The lowest BCUT2D eigenvalue weighted by molar-refractivity contribution is -0.187. The Bertz CT molecular complexity index is 525. The molecule has 1 spiro atoms. The van der Waals surface area contributed by atoms with Crippen LogP contribution in [0.2, 0.25) is 0 Å². The molecule has 1 aromatic heterocycles. The number of ether oxygens (including phenoxy) is 2. The van der Waals surface area contributed by atoms with E-state index < -0.39 is 5.79 Å². The van der Waals surface area contributed by atoms with Gasteiger partial charge in [0.1, 0.15) is 0 Å². The van der Waals surface area contributed by atoms with Gasteiger partial charge in [-0.05, 0) is 36.3 Å². The zero-order chi connectivity index (χ0) is 14.3. The Hall–Kier alpha value is -0.910. The van der Waals surface area contributed by atoms with Gasteiger partial charge in [0.05, 0.1) is 19.1 Å². The quantitative estimate of drug-likeness (QED) is 0.800. The summed E-state index contributed by atoms with van der Waals surface area (Å²) in [6, 6.07) is 2.15. The largest absolute Gasteiger partial charge is 0.347 e. The summed E-state index contributed by atoms with van der Waals surface area (Å²) in [4.78, 5) is 16.3. The van der Waals surface area contributed by atoms with Crippen LogP contribution in [0.15, 0.2) is 11.4 Å². The van der Waals surface area contributed by atoms with E-state index in [4.69, 9.17) is 9.47 Å². The summed E-state index contributed by atoms with van der Waals surface area (Å²) in [5.41, 5.74) is 1.28. The van der Waals surface area contributed by atoms with Crippen molar-refractivity contribution in [2.75, 3.05) is 26.3 Å². The second-order valence-corrected chi connectivity index (χ2v) is 7.18. The van der Waals surface area contributed by atoms with Crippen molar-refractivity contribution in [3.05, 3.63) is 21.9 Å². The predicted octanol–water partition coefficient (Wildman–Crippen LogP) is 2.53. The second kappa shape index (κ2) is 5.38. The van der Waals surface area contributed by atoms with Crippen LogP contribution in [0.25, 0.3) is 0 Å². The molecule has 3 aliphatic rings. The Balaban J connectivity index is 1.45. The van der Waals surface area contributed by atoms with Gasteiger partial charge in [0.15, 0.2) is 5.79 Å². The maximum absolute atomic E-state index is 12.9. The highest BCUT2D eigenvalue weighted by Crippen LogP contribution is 2.38. The normalized spacial score (nSPS) is 27.8. The van der Waals surface area contributed by atoms with E-state index in [1.807, 2.05) is 4.90 Å². The van der Waals surface area contributed by atoms with Crippen LogP contribution in [-0.2, 0) is 20.7 Å². The number of nitrogens with zero attached hydrogens (tertiary/aromatic N) is 1. The molecule has 0 N–H and O–H groups in total. The van der Waals surface area contributed by atoms with E-state index in [-0.39, 0.29) is 5.92 Å². The van der Waals surface area contributed by atoms with Gasteiger partial charge in [-0.1, -0.05) is 0 Å². The van der Waals surface area contributed by atoms with Gasteiger partial charge < -0.3 is 14.4 Å². The fraction of sp³-hybridized carbons (Fsp3) is 0.688. The highest BCUT2D eigenvalue weighted by atomic mass is 32.1. The standard InChI is InChI=1S/C16H21NO3S/c18-15(13-2-1-3-14-12(13)4-11-21-14)17-7-5-16(6-8-17)19-9-10-20-16/h4,11,13H,1-3,5-10H2. The molecule has 0 saturated carbocycles. The van der Waals surface area contributed by atoms with Crippen LogP contribution < -0.4 is 0 Å². The number of aryl methyl sites for hydroxylation is 1. The Labute approximate surface area is 129 Å². The van der Waals surface area contributed by atoms with Crippen molar-refractivity contribution in [2.45, 2.75) is 43.8 Å². The molecule has 1 aliphatic carbocycles. The fourth-order valence-electron chi connectivity index (χ4n) is 3.82. The molecule has 1 aromatic rings. The molecule has 1 atom stereocenters. The molecule has 2 saturated heterocycles. The maximum atomic E-state index is 12.9. The maximum Gasteiger partial charge on any atom is 0.230 e. The third-order valence-electron chi connectivity index (χ3n) is 5.00. The molecular weight excluding hydrogens is 286 g/mol. The molecule has 1 amide bonds. The summed E-state index contributed by atoms with van der Waals surface area (Å²) >= 11 is 1.80. The van der Waals surface area contributed by atoms with Gasteiger partial charge in [-0.25, -0.2) is 0 Å². The topological polar surface area (TPSA) is 38.8 Å². The zero-order valence-electron chi connectivity index (χ0n) is 12.2. The predicted molar refractivity (Wildman–Crippen MR) is 80.4 cm³/mol. The number of amides is 1. The molecule has 21 heavy (non-hydrogen) atoms. The minimum atomic E-state index is -0.392. The molecule has 2 aliphatic heterocycles. The Morgan fingerprint density at radius 2 is 2.05 bits per heavy atom. The third-order valence-corrected chi connectivity index (χ3v) is 6.00. The molecule has 5 heteroatoms. The lowest BCUT2D eigenvalue weighted by Crippen LogP contribution is -2.48. The van der Waals surface area contributed by atoms with Crippen molar-refractivity contribution in [1.29, 1.82) is 0 Å². The van der Waals surface area contributed by atoms with E-state index in [1.165, 1.54) is 10.4 Å². The van der Waals surface area contributed by atoms with Crippen molar-refractivity contribution in [2.24, 2.45) is 0 Å². The van der Waals surface area contributed by atoms with Gasteiger partial charge >= 0.3 is 0 Å². The number of hydrogen-bond acceptors (Lipinski definition) is 4. The van der Waals surface area contributed by atoms with Crippen LogP contribution in [0.5, 0.6) is 0 Å². The number of likely N-dealkylation sites (tertiary alicyclic amines) is 1. The Kier molecular flexibility index (Phi) is 3.52. The number of fused-ring (bicyclic) bond motifs is 1. The Morgan fingerprint density at radius 3 is 2.81 bits per heavy atom.